The van der Waals surface area contributed by atoms with E-state index in [9.17, 15) is 9.59 Å². The zero-order valence-corrected chi connectivity index (χ0v) is 16.4. The molecule has 3 aromatic rings. The first kappa shape index (κ1) is 17.6. The van der Waals surface area contributed by atoms with E-state index < -0.39 is 0 Å². The summed E-state index contributed by atoms with van der Waals surface area (Å²) in [5.41, 5.74) is 1.13. The molecule has 2 bridgehead atoms. The lowest BCUT2D eigenvalue weighted by molar-refractivity contribution is 0.0662. The predicted octanol–water partition coefficient (Wildman–Crippen LogP) is 3.26. The Labute approximate surface area is 166 Å². The summed E-state index contributed by atoms with van der Waals surface area (Å²) in [5.74, 6) is 0.833. The maximum absolute atomic E-state index is 12.8. The number of aldehydes is 1. The van der Waals surface area contributed by atoms with Crippen LogP contribution in [0.3, 0.4) is 0 Å². The fourth-order valence-electron chi connectivity index (χ4n) is 4.51. The number of piperidine rings is 1. The molecule has 2 aliphatic rings. The fraction of sp³-hybridized carbons (Fsp3) is 0.381. The molecule has 2 aromatic heterocycles. The number of fused-ring (bicyclic) bond motifs is 3. The van der Waals surface area contributed by atoms with Crippen LogP contribution < -0.4 is 10.3 Å². The fourth-order valence-corrected chi connectivity index (χ4v) is 5.36. The third-order valence-corrected chi connectivity index (χ3v) is 7.08. The molecule has 2 saturated heterocycles. The van der Waals surface area contributed by atoms with Crippen LogP contribution in [-0.4, -0.2) is 46.0 Å². The van der Waals surface area contributed by atoms with Gasteiger partial charge in [0, 0.05) is 12.1 Å². The van der Waals surface area contributed by atoms with Gasteiger partial charge in [0.15, 0.2) is 6.29 Å². The molecule has 0 amide bonds. The summed E-state index contributed by atoms with van der Waals surface area (Å²) in [6.45, 7) is 0. The first-order chi connectivity index (χ1) is 13.6. The van der Waals surface area contributed by atoms with Gasteiger partial charge in [0.25, 0.3) is 5.56 Å². The van der Waals surface area contributed by atoms with E-state index in [2.05, 4.69) is 16.9 Å². The molecule has 6 nitrogen and oxygen atoms in total. The van der Waals surface area contributed by atoms with Crippen LogP contribution in [0.1, 0.15) is 35.4 Å². The Morgan fingerprint density at radius 1 is 1.18 bits per heavy atom. The number of nitrogens with zero attached hydrogens (tertiary/aromatic N) is 3. The molecule has 0 saturated carbocycles. The van der Waals surface area contributed by atoms with E-state index in [4.69, 9.17) is 4.74 Å². The Bertz CT molecular complexity index is 1070. The molecule has 0 radical (unpaired) electrons. The van der Waals surface area contributed by atoms with Crippen molar-refractivity contribution >= 4 is 27.8 Å². The topological polar surface area (TPSA) is 64.4 Å². The summed E-state index contributed by atoms with van der Waals surface area (Å²) in [5, 5.41) is 0. The summed E-state index contributed by atoms with van der Waals surface area (Å²) in [4.78, 5) is 31.0. The highest BCUT2D eigenvalue weighted by Crippen LogP contribution is 2.36. The number of hydrogen-bond donors (Lipinski definition) is 0. The van der Waals surface area contributed by atoms with Gasteiger partial charge >= 0.3 is 0 Å². The third kappa shape index (κ3) is 2.95. The van der Waals surface area contributed by atoms with Crippen molar-refractivity contribution in [2.24, 2.45) is 0 Å². The standard InChI is InChI=1S/C21H21N3O3S/c1-23-14-2-3-15(23)9-17(8-14)27-16-6-4-13(5-7-16)24-12-22-19-10-18(11-25)28-20(19)21(24)26/h4-7,10-12,14-15,17H,2-3,8-9H2,1H3/t14-,15+,17?. The van der Waals surface area contributed by atoms with Crippen molar-refractivity contribution < 1.29 is 9.53 Å². The van der Waals surface area contributed by atoms with Crippen LogP contribution >= 0.6 is 11.3 Å². The Hall–Kier alpha value is -2.51. The van der Waals surface area contributed by atoms with Gasteiger partial charge in [-0.25, -0.2) is 4.98 Å². The van der Waals surface area contributed by atoms with Crippen LogP contribution in [0.4, 0.5) is 0 Å². The second kappa shape index (κ2) is 6.83. The minimum Gasteiger partial charge on any atom is -0.490 e. The van der Waals surface area contributed by atoms with Crippen molar-refractivity contribution in [2.75, 3.05) is 7.05 Å². The maximum atomic E-state index is 12.8. The maximum Gasteiger partial charge on any atom is 0.275 e. The van der Waals surface area contributed by atoms with Gasteiger partial charge in [0.2, 0.25) is 0 Å². The van der Waals surface area contributed by atoms with Crippen molar-refractivity contribution in [3.63, 3.8) is 0 Å². The highest BCUT2D eigenvalue weighted by Gasteiger charge is 2.39. The number of thiophene rings is 1. The van der Waals surface area contributed by atoms with Crippen molar-refractivity contribution in [3.05, 3.63) is 51.9 Å². The minimum absolute atomic E-state index is 0.163. The van der Waals surface area contributed by atoms with E-state index in [1.165, 1.54) is 35.1 Å². The molecule has 0 aliphatic carbocycles. The molecule has 1 aromatic carbocycles. The van der Waals surface area contributed by atoms with Gasteiger partial charge in [-0.2, -0.15) is 0 Å². The van der Waals surface area contributed by atoms with Gasteiger partial charge in [-0.3, -0.25) is 14.2 Å². The molecule has 28 heavy (non-hydrogen) atoms. The van der Waals surface area contributed by atoms with E-state index in [1.807, 2.05) is 24.3 Å². The Morgan fingerprint density at radius 3 is 2.57 bits per heavy atom. The average Bonchev–Trinajstić information content (AvgIpc) is 3.21. The largest absolute Gasteiger partial charge is 0.490 e. The molecular weight excluding hydrogens is 374 g/mol. The predicted molar refractivity (Wildman–Crippen MR) is 109 cm³/mol. The van der Waals surface area contributed by atoms with E-state index >= 15 is 0 Å². The third-order valence-electron chi connectivity index (χ3n) is 6.05. The van der Waals surface area contributed by atoms with Crippen LogP contribution in [0.2, 0.25) is 0 Å². The van der Waals surface area contributed by atoms with E-state index in [0.717, 1.165) is 30.6 Å². The Balaban J connectivity index is 1.37. The average molecular weight is 395 g/mol. The molecule has 0 N–H and O–H groups in total. The van der Waals surface area contributed by atoms with Gasteiger partial charge < -0.3 is 9.64 Å². The van der Waals surface area contributed by atoms with Crippen LogP contribution in [0.25, 0.3) is 15.9 Å². The van der Waals surface area contributed by atoms with Crippen LogP contribution in [0.5, 0.6) is 5.75 Å². The molecule has 7 heteroatoms. The van der Waals surface area contributed by atoms with Gasteiger partial charge in [-0.05, 0) is 63.1 Å². The summed E-state index contributed by atoms with van der Waals surface area (Å²) in [6.07, 6.45) is 7.21. The minimum atomic E-state index is -0.163. The summed E-state index contributed by atoms with van der Waals surface area (Å²) < 4.78 is 8.23. The highest BCUT2D eigenvalue weighted by molar-refractivity contribution is 7.20. The first-order valence-electron chi connectivity index (χ1n) is 9.58. The van der Waals surface area contributed by atoms with Crippen LogP contribution in [0, 0.1) is 0 Å². The second-order valence-electron chi connectivity index (χ2n) is 7.66. The summed E-state index contributed by atoms with van der Waals surface area (Å²) >= 11 is 1.17. The molecule has 5 rings (SSSR count). The molecule has 0 spiro atoms. The number of hydrogen-bond acceptors (Lipinski definition) is 6. The normalized spacial score (nSPS) is 24.5. The smallest absolute Gasteiger partial charge is 0.275 e. The number of aromatic nitrogens is 2. The van der Waals surface area contributed by atoms with Gasteiger partial charge in [0.1, 0.15) is 22.9 Å². The SMILES string of the molecule is CN1[C@@H]2CC[C@H]1CC(Oc1ccc(-n3cnc4cc(C=O)sc4c3=O)cc1)C2. The van der Waals surface area contributed by atoms with Crippen LogP contribution in [0.15, 0.2) is 41.5 Å². The van der Waals surface area contributed by atoms with Gasteiger partial charge in [-0.1, -0.05) is 0 Å². The Morgan fingerprint density at radius 2 is 1.89 bits per heavy atom. The lowest BCUT2D eigenvalue weighted by Gasteiger charge is -2.36. The number of carbonyl (C=O) groups excluding carboxylic acids is 1. The Kier molecular flexibility index (Phi) is 4.29. The molecule has 3 atom stereocenters. The molecule has 2 fully saturated rings. The van der Waals surface area contributed by atoms with Gasteiger partial charge in [-0.15, -0.1) is 11.3 Å². The first-order valence-corrected chi connectivity index (χ1v) is 10.4. The number of ether oxygens (including phenoxy) is 1. The number of carbonyl (C=O) groups is 1. The molecular formula is C21H21N3O3S. The highest BCUT2D eigenvalue weighted by atomic mass is 32.1. The number of rotatable bonds is 4. The van der Waals surface area contributed by atoms with Crippen molar-refractivity contribution in [1.29, 1.82) is 0 Å². The summed E-state index contributed by atoms with van der Waals surface area (Å²) in [6, 6.07) is 10.5. The molecule has 2 aliphatic heterocycles. The van der Waals surface area contributed by atoms with Crippen molar-refractivity contribution in [2.45, 2.75) is 43.9 Å². The molecule has 4 heterocycles. The second-order valence-corrected chi connectivity index (χ2v) is 8.74. The van der Waals surface area contributed by atoms with Crippen molar-refractivity contribution in [3.8, 4) is 11.4 Å². The lowest BCUT2D eigenvalue weighted by Crippen LogP contribution is -2.43. The zero-order chi connectivity index (χ0) is 19.3. The lowest BCUT2D eigenvalue weighted by atomic mass is 10.0. The quantitative estimate of drug-likeness (QED) is 0.635. The number of benzene rings is 1. The molecule has 1 unspecified atom stereocenters. The van der Waals surface area contributed by atoms with Gasteiger partial charge in [0.05, 0.1) is 16.1 Å². The monoisotopic (exact) mass is 395 g/mol. The van der Waals surface area contributed by atoms with Crippen molar-refractivity contribution in [1.82, 2.24) is 14.5 Å². The van der Waals surface area contributed by atoms with E-state index in [1.54, 1.807) is 6.07 Å². The summed E-state index contributed by atoms with van der Waals surface area (Å²) in [7, 11) is 2.22. The van der Waals surface area contributed by atoms with Crippen LogP contribution in [-0.2, 0) is 0 Å². The van der Waals surface area contributed by atoms with E-state index in [-0.39, 0.29) is 11.7 Å². The zero-order valence-electron chi connectivity index (χ0n) is 15.6. The molecule has 144 valence electrons. The van der Waals surface area contributed by atoms with E-state index in [0.29, 0.717) is 27.2 Å².